The Labute approximate surface area is 143 Å². The molecular weight excluding hydrogens is 320 g/mol. The molecule has 3 aromatic rings. The van der Waals surface area contributed by atoms with E-state index >= 15 is 0 Å². The van der Waals surface area contributed by atoms with E-state index in [2.05, 4.69) is 20.6 Å². The number of hydrogen-bond acceptors (Lipinski definition) is 3. The predicted octanol–water partition coefficient (Wildman–Crippen LogP) is 2.94. The van der Waals surface area contributed by atoms with E-state index in [1.165, 1.54) is 7.05 Å². The predicted molar refractivity (Wildman–Crippen MR) is 96.1 cm³/mol. The molecule has 0 fully saturated rings. The minimum Gasteiger partial charge on any atom is -0.478 e. The van der Waals surface area contributed by atoms with Crippen LogP contribution in [-0.2, 0) is 4.79 Å². The van der Waals surface area contributed by atoms with E-state index in [0.29, 0.717) is 27.8 Å². The third kappa shape index (κ3) is 3.35. The number of nitrogens with zero attached hydrogens (tertiary/aromatic N) is 1. The fraction of sp³-hybridized carbons (Fsp3) is 0.0556. The average Bonchev–Trinajstić information content (AvgIpc) is 3.04. The van der Waals surface area contributed by atoms with Crippen LogP contribution in [0.2, 0.25) is 0 Å². The summed E-state index contributed by atoms with van der Waals surface area (Å²) in [6.45, 7) is 0. The Morgan fingerprint density at radius 2 is 1.96 bits per heavy atom. The number of benzene rings is 1. The van der Waals surface area contributed by atoms with Gasteiger partial charge in [0.2, 0.25) is 0 Å². The highest BCUT2D eigenvalue weighted by Crippen LogP contribution is 2.29. The fourth-order valence-electron chi connectivity index (χ4n) is 2.53. The molecule has 2 heterocycles. The molecule has 0 bridgehead atoms. The number of aliphatic carboxylic acids is 1. The van der Waals surface area contributed by atoms with Crippen molar-refractivity contribution in [1.82, 2.24) is 15.3 Å². The normalized spacial score (nSPS) is 11.3. The summed E-state index contributed by atoms with van der Waals surface area (Å²) in [5, 5.41) is 15.4. The lowest BCUT2D eigenvalue weighted by Crippen LogP contribution is -2.24. The molecule has 7 heteroatoms. The molecule has 2 aromatic heterocycles. The molecule has 0 spiro atoms. The van der Waals surface area contributed by atoms with Crippen LogP contribution in [0, 0.1) is 0 Å². The molecule has 0 saturated heterocycles. The number of hydrogen-bond donors (Lipinski definition) is 4. The molecule has 0 unspecified atom stereocenters. The second kappa shape index (κ2) is 6.88. The molecule has 4 N–H and O–H groups in total. The fourth-order valence-corrected chi connectivity index (χ4v) is 2.53. The smallest absolute Gasteiger partial charge is 0.336 e. The third-order valence-corrected chi connectivity index (χ3v) is 3.69. The number of urea groups is 1. The average molecular weight is 336 g/mol. The number of carbonyl (C=O) groups is 2. The Hall–Kier alpha value is -3.61. The molecule has 0 aliphatic rings. The van der Waals surface area contributed by atoms with Crippen molar-refractivity contribution in [3.8, 4) is 0 Å². The van der Waals surface area contributed by atoms with Crippen molar-refractivity contribution in [2.45, 2.75) is 0 Å². The zero-order chi connectivity index (χ0) is 17.8. The number of carboxylic acid groups (broad SMARTS) is 1. The van der Waals surface area contributed by atoms with Gasteiger partial charge in [-0.15, -0.1) is 0 Å². The van der Waals surface area contributed by atoms with Crippen LogP contribution in [0.4, 0.5) is 10.5 Å². The highest BCUT2D eigenvalue weighted by Gasteiger charge is 2.14. The number of nitrogens with one attached hydrogen (secondary N) is 3. The molecule has 7 nitrogen and oxygen atoms in total. The standard InChI is InChI=1S/C18H16N4O3/c1-19-18(25)22-14-7-8-20-16-15(14)12(10-21-16)9-13(17(23)24)11-5-3-2-4-6-11/h2-10H,1H3,(H,23,24)(H3,19,20,21,22,25)/b13-9+. The first-order valence-corrected chi connectivity index (χ1v) is 7.55. The first kappa shape index (κ1) is 16.3. The van der Waals surface area contributed by atoms with Crippen LogP contribution >= 0.6 is 0 Å². The van der Waals surface area contributed by atoms with Gasteiger partial charge < -0.3 is 20.7 Å². The van der Waals surface area contributed by atoms with Crippen LogP contribution in [0.1, 0.15) is 11.1 Å². The van der Waals surface area contributed by atoms with Crippen LogP contribution in [0.25, 0.3) is 22.7 Å². The largest absolute Gasteiger partial charge is 0.478 e. The van der Waals surface area contributed by atoms with Gasteiger partial charge in [0, 0.05) is 30.4 Å². The molecule has 25 heavy (non-hydrogen) atoms. The number of amides is 2. The minimum absolute atomic E-state index is 0.149. The zero-order valence-corrected chi connectivity index (χ0v) is 13.4. The summed E-state index contributed by atoms with van der Waals surface area (Å²) in [6.07, 6.45) is 4.79. The van der Waals surface area contributed by atoms with Gasteiger partial charge >= 0.3 is 12.0 Å². The van der Waals surface area contributed by atoms with Crippen molar-refractivity contribution in [3.63, 3.8) is 0 Å². The maximum absolute atomic E-state index is 11.7. The molecule has 0 aliphatic heterocycles. The molecule has 1 aromatic carbocycles. The van der Waals surface area contributed by atoms with E-state index < -0.39 is 5.97 Å². The van der Waals surface area contributed by atoms with Gasteiger partial charge in [-0.3, -0.25) is 0 Å². The number of aromatic nitrogens is 2. The minimum atomic E-state index is -1.04. The van der Waals surface area contributed by atoms with E-state index in [-0.39, 0.29) is 11.6 Å². The summed E-state index contributed by atoms with van der Waals surface area (Å²) in [6, 6.07) is 10.1. The van der Waals surface area contributed by atoms with Gasteiger partial charge in [0.25, 0.3) is 0 Å². The summed E-state index contributed by atoms with van der Waals surface area (Å²) in [7, 11) is 1.52. The molecule has 0 aliphatic carbocycles. The molecular formula is C18H16N4O3. The molecule has 3 rings (SSSR count). The summed E-state index contributed by atoms with van der Waals surface area (Å²) in [4.78, 5) is 30.6. The molecule has 2 amide bonds. The number of H-pyrrole nitrogens is 1. The summed E-state index contributed by atoms with van der Waals surface area (Å²) >= 11 is 0. The zero-order valence-electron chi connectivity index (χ0n) is 13.4. The number of pyridine rings is 1. The Morgan fingerprint density at radius 1 is 1.20 bits per heavy atom. The van der Waals surface area contributed by atoms with Crippen LogP contribution in [-0.4, -0.2) is 34.1 Å². The van der Waals surface area contributed by atoms with Crippen molar-refractivity contribution in [3.05, 3.63) is 59.9 Å². The lowest BCUT2D eigenvalue weighted by atomic mass is 10.0. The highest BCUT2D eigenvalue weighted by molar-refractivity contribution is 6.22. The lowest BCUT2D eigenvalue weighted by molar-refractivity contribution is -0.130. The van der Waals surface area contributed by atoms with E-state index in [1.54, 1.807) is 48.8 Å². The van der Waals surface area contributed by atoms with Gasteiger partial charge in [0.15, 0.2) is 0 Å². The summed E-state index contributed by atoms with van der Waals surface area (Å²) in [5.74, 6) is -1.04. The van der Waals surface area contributed by atoms with Gasteiger partial charge in [0.05, 0.1) is 11.3 Å². The summed E-state index contributed by atoms with van der Waals surface area (Å²) in [5.41, 5.74) is 2.45. The maximum Gasteiger partial charge on any atom is 0.336 e. The first-order chi connectivity index (χ1) is 12.1. The van der Waals surface area contributed by atoms with Crippen molar-refractivity contribution in [1.29, 1.82) is 0 Å². The quantitative estimate of drug-likeness (QED) is 0.549. The number of rotatable bonds is 4. The topological polar surface area (TPSA) is 107 Å². The van der Waals surface area contributed by atoms with E-state index in [4.69, 9.17) is 0 Å². The Bertz CT molecular complexity index is 961. The Morgan fingerprint density at radius 3 is 2.64 bits per heavy atom. The van der Waals surface area contributed by atoms with Gasteiger partial charge in [-0.25, -0.2) is 14.6 Å². The first-order valence-electron chi connectivity index (χ1n) is 7.55. The van der Waals surface area contributed by atoms with Gasteiger partial charge in [-0.1, -0.05) is 30.3 Å². The molecule has 0 saturated carbocycles. The van der Waals surface area contributed by atoms with Gasteiger partial charge in [-0.2, -0.15) is 0 Å². The number of aromatic amines is 1. The van der Waals surface area contributed by atoms with Crippen molar-refractivity contribution in [2.75, 3.05) is 12.4 Å². The highest BCUT2D eigenvalue weighted by atomic mass is 16.4. The van der Waals surface area contributed by atoms with Crippen LogP contribution in [0.15, 0.2) is 48.8 Å². The SMILES string of the molecule is CNC(=O)Nc1ccnc2[nH]cc(/C=C(/C(=O)O)c3ccccc3)c12. The second-order valence-electron chi connectivity index (χ2n) is 5.26. The Kier molecular flexibility index (Phi) is 4.47. The number of fused-ring (bicyclic) bond motifs is 1. The second-order valence-corrected chi connectivity index (χ2v) is 5.26. The van der Waals surface area contributed by atoms with Crippen molar-refractivity contribution in [2.24, 2.45) is 0 Å². The van der Waals surface area contributed by atoms with Crippen molar-refractivity contribution >= 4 is 40.4 Å². The monoisotopic (exact) mass is 336 g/mol. The maximum atomic E-state index is 11.7. The van der Waals surface area contributed by atoms with Gasteiger partial charge in [-0.05, 0) is 17.7 Å². The Balaban J connectivity index is 2.14. The van der Waals surface area contributed by atoms with E-state index in [9.17, 15) is 14.7 Å². The molecule has 0 atom stereocenters. The van der Waals surface area contributed by atoms with Crippen LogP contribution in [0.5, 0.6) is 0 Å². The van der Waals surface area contributed by atoms with Crippen LogP contribution < -0.4 is 10.6 Å². The molecule has 0 radical (unpaired) electrons. The number of carboxylic acids is 1. The van der Waals surface area contributed by atoms with Gasteiger partial charge in [0.1, 0.15) is 5.65 Å². The van der Waals surface area contributed by atoms with E-state index in [0.717, 1.165) is 0 Å². The van der Waals surface area contributed by atoms with Crippen molar-refractivity contribution < 1.29 is 14.7 Å². The third-order valence-electron chi connectivity index (χ3n) is 3.69. The van der Waals surface area contributed by atoms with Crippen LogP contribution in [0.3, 0.4) is 0 Å². The number of anilines is 1. The molecule has 126 valence electrons. The van der Waals surface area contributed by atoms with E-state index in [1.807, 2.05) is 6.07 Å². The lowest BCUT2D eigenvalue weighted by Gasteiger charge is -2.07. The summed E-state index contributed by atoms with van der Waals surface area (Å²) < 4.78 is 0. The number of carbonyl (C=O) groups excluding carboxylic acids is 1.